The van der Waals surface area contributed by atoms with Crippen molar-refractivity contribution < 1.29 is 18.4 Å². The first-order valence-corrected chi connectivity index (χ1v) is 15.6. The summed E-state index contributed by atoms with van der Waals surface area (Å²) in [7, 11) is -0.448. The van der Waals surface area contributed by atoms with E-state index in [0.29, 0.717) is 33.4 Å². The zero-order chi connectivity index (χ0) is 24.7. The van der Waals surface area contributed by atoms with Crippen molar-refractivity contribution in [2.45, 2.75) is 78.2 Å². The van der Waals surface area contributed by atoms with Crippen LogP contribution >= 0.6 is 24.0 Å². The molecule has 33 heavy (non-hydrogen) atoms. The number of amides is 1. The topological polar surface area (TPSA) is 81.6 Å². The van der Waals surface area contributed by atoms with Gasteiger partial charge in [-0.1, -0.05) is 71.7 Å². The Hall–Kier alpha value is -1.49. The molecule has 7 nitrogen and oxygen atoms in total. The number of carbonyl (C=O) groups excluding carboxylic acids is 1. The SMILES string of the molecule is CO[C@H](CC(=O)N1C(=S)SC[C@H]1C(C)C)c1coc(-c2nc(C)oc2[Si](C)(C)C(C)(C)C)n1. The van der Waals surface area contributed by atoms with Crippen LogP contribution in [-0.4, -0.2) is 52.1 Å². The number of aryl methyl sites for hydroxylation is 1. The Balaban J connectivity index is 1.87. The number of ether oxygens (including phenoxy) is 1. The molecule has 3 heterocycles. The molecule has 0 radical (unpaired) electrons. The average Bonchev–Trinajstić information content (AvgIpc) is 3.43. The molecule has 0 aliphatic carbocycles. The van der Waals surface area contributed by atoms with Crippen molar-refractivity contribution in [1.82, 2.24) is 14.9 Å². The number of rotatable bonds is 7. The molecule has 0 N–H and O–H groups in total. The lowest BCUT2D eigenvalue weighted by molar-refractivity contribution is -0.131. The van der Waals surface area contributed by atoms with Gasteiger partial charge in [-0.25, -0.2) is 9.97 Å². The second-order valence-corrected chi connectivity index (χ2v) is 17.3. The number of hydrogen-bond acceptors (Lipinski definition) is 8. The van der Waals surface area contributed by atoms with Crippen LogP contribution < -0.4 is 5.38 Å². The van der Waals surface area contributed by atoms with Crippen LogP contribution in [0, 0.1) is 12.8 Å². The molecule has 10 heteroatoms. The molecule has 1 fully saturated rings. The van der Waals surface area contributed by atoms with E-state index in [1.165, 1.54) is 0 Å². The summed E-state index contributed by atoms with van der Waals surface area (Å²) in [4.78, 5) is 24.2. The lowest BCUT2D eigenvalue weighted by Gasteiger charge is -2.34. The van der Waals surface area contributed by atoms with Gasteiger partial charge in [-0.15, -0.1) is 0 Å². The number of hydrogen-bond donors (Lipinski definition) is 0. The van der Waals surface area contributed by atoms with E-state index in [0.717, 1.165) is 11.1 Å². The fourth-order valence-electron chi connectivity index (χ4n) is 3.66. The lowest BCUT2D eigenvalue weighted by Crippen LogP contribution is -2.49. The van der Waals surface area contributed by atoms with E-state index in [4.69, 9.17) is 25.8 Å². The Labute approximate surface area is 207 Å². The van der Waals surface area contributed by atoms with Gasteiger partial charge in [0.15, 0.2) is 11.6 Å². The molecule has 182 valence electrons. The summed E-state index contributed by atoms with van der Waals surface area (Å²) in [5.74, 6) is 2.08. The Bertz CT molecular complexity index is 1030. The molecule has 0 saturated carbocycles. The summed E-state index contributed by atoms with van der Waals surface area (Å²) in [6.45, 7) is 17.2. The highest BCUT2D eigenvalue weighted by Gasteiger charge is 2.43. The molecular formula is C23H35N3O4S2Si. The highest BCUT2D eigenvalue weighted by Crippen LogP contribution is 2.38. The summed E-state index contributed by atoms with van der Waals surface area (Å²) in [5.41, 5.74) is 1.20. The van der Waals surface area contributed by atoms with E-state index in [9.17, 15) is 4.79 Å². The van der Waals surface area contributed by atoms with Gasteiger partial charge in [0, 0.05) is 25.8 Å². The Morgan fingerprint density at radius 2 is 2.03 bits per heavy atom. The fourth-order valence-corrected chi connectivity index (χ4v) is 7.16. The maximum atomic E-state index is 13.2. The molecular weight excluding hydrogens is 474 g/mol. The standard InChI is InChI=1S/C23H35N3O4S2Si/c1-13(2)16-12-32-22(31)26(16)18(27)10-17(28-7)15-11-29-20(25-15)19-21(30-14(3)24-19)33(8,9)23(4,5)6/h11,13,16-17H,10,12H2,1-9H3/t16-,17+/m0/s1. The van der Waals surface area contributed by atoms with E-state index >= 15 is 0 Å². The quantitative estimate of drug-likeness (QED) is 0.367. The normalized spacial score (nSPS) is 18.4. The van der Waals surface area contributed by atoms with E-state index in [1.807, 2.05) is 6.92 Å². The van der Waals surface area contributed by atoms with Crippen LogP contribution in [-0.2, 0) is 9.53 Å². The molecule has 0 aromatic carbocycles. The van der Waals surface area contributed by atoms with Crippen molar-refractivity contribution in [2.24, 2.45) is 5.92 Å². The summed E-state index contributed by atoms with van der Waals surface area (Å²) in [6.07, 6.45) is 1.15. The van der Waals surface area contributed by atoms with Crippen LogP contribution in [0.25, 0.3) is 11.6 Å². The number of nitrogens with zero attached hydrogens (tertiary/aromatic N) is 3. The van der Waals surface area contributed by atoms with Crippen molar-refractivity contribution in [3.63, 3.8) is 0 Å². The smallest absolute Gasteiger partial charge is 0.248 e. The summed E-state index contributed by atoms with van der Waals surface area (Å²) in [5, 5.41) is 0.925. The van der Waals surface area contributed by atoms with Gasteiger partial charge in [0.2, 0.25) is 11.8 Å². The molecule has 2 aromatic heterocycles. The van der Waals surface area contributed by atoms with Gasteiger partial charge in [-0.3, -0.25) is 9.69 Å². The molecule has 0 unspecified atom stereocenters. The molecule has 1 aliphatic heterocycles. The first-order chi connectivity index (χ1) is 15.3. The van der Waals surface area contributed by atoms with Gasteiger partial charge >= 0.3 is 0 Å². The largest absolute Gasteiger partial charge is 0.450 e. The van der Waals surface area contributed by atoms with Crippen molar-refractivity contribution in [2.75, 3.05) is 12.9 Å². The lowest BCUT2D eigenvalue weighted by atomic mass is 10.0. The third-order valence-corrected chi connectivity index (χ3v) is 13.5. The van der Waals surface area contributed by atoms with Crippen LogP contribution in [0.3, 0.4) is 0 Å². The predicted molar refractivity (Wildman–Crippen MR) is 138 cm³/mol. The number of carbonyl (C=O) groups is 1. The minimum absolute atomic E-state index is 0.0562. The van der Waals surface area contributed by atoms with Gasteiger partial charge in [-0.05, 0) is 11.0 Å². The number of aromatic nitrogens is 2. The molecule has 3 rings (SSSR count). The van der Waals surface area contributed by atoms with Crippen molar-refractivity contribution in [3.05, 3.63) is 17.8 Å². The first-order valence-electron chi connectivity index (χ1n) is 11.2. The van der Waals surface area contributed by atoms with E-state index in [1.54, 1.807) is 30.0 Å². The monoisotopic (exact) mass is 509 g/mol. The third-order valence-electron chi connectivity index (χ3n) is 6.82. The van der Waals surface area contributed by atoms with Crippen LogP contribution in [0.2, 0.25) is 18.1 Å². The molecule has 1 amide bonds. The zero-order valence-electron chi connectivity index (χ0n) is 21.0. The summed E-state index contributed by atoms with van der Waals surface area (Å²) in [6, 6.07) is 0.102. The molecule has 0 bridgehead atoms. The van der Waals surface area contributed by atoms with Gasteiger partial charge < -0.3 is 13.6 Å². The molecule has 1 saturated heterocycles. The van der Waals surface area contributed by atoms with E-state index < -0.39 is 14.2 Å². The zero-order valence-corrected chi connectivity index (χ0v) is 23.6. The number of methoxy groups -OCH3 is 1. The van der Waals surface area contributed by atoms with Crippen LogP contribution in [0.1, 0.15) is 58.7 Å². The van der Waals surface area contributed by atoms with Crippen molar-refractivity contribution in [3.8, 4) is 11.6 Å². The summed E-state index contributed by atoms with van der Waals surface area (Å²) >= 11 is 7.00. The third kappa shape index (κ3) is 5.13. The van der Waals surface area contributed by atoms with Gasteiger partial charge in [0.25, 0.3) is 0 Å². The summed E-state index contributed by atoms with van der Waals surface area (Å²) < 4.78 is 18.2. The number of thiocarbonyl (C=S) groups is 1. The first kappa shape index (κ1) is 26.1. The van der Waals surface area contributed by atoms with Gasteiger partial charge in [-0.2, -0.15) is 0 Å². The van der Waals surface area contributed by atoms with Crippen molar-refractivity contribution in [1.29, 1.82) is 0 Å². The minimum Gasteiger partial charge on any atom is -0.450 e. The molecule has 2 aromatic rings. The fraction of sp³-hybridized carbons (Fsp3) is 0.652. The Kier molecular flexibility index (Phi) is 7.62. The highest BCUT2D eigenvalue weighted by molar-refractivity contribution is 8.23. The van der Waals surface area contributed by atoms with E-state index in [-0.39, 0.29) is 23.4 Å². The van der Waals surface area contributed by atoms with Crippen LogP contribution in [0.15, 0.2) is 15.1 Å². The highest BCUT2D eigenvalue weighted by atomic mass is 32.2. The van der Waals surface area contributed by atoms with Gasteiger partial charge in [0.1, 0.15) is 35.8 Å². The average molecular weight is 510 g/mol. The second-order valence-electron chi connectivity index (χ2n) is 10.4. The van der Waals surface area contributed by atoms with Crippen LogP contribution in [0.4, 0.5) is 0 Å². The second kappa shape index (κ2) is 9.63. The minimum atomic E-state index is -2.02. The molecule has 2 atom stereocenters. The maximum Gasteiger partial charge on any atom is 0.248 e. The maximum absolute atomic E-state index is 13.2. The molecule has 0 spiro atoms. The Morgan fingerprint density at radius 3 is 2.61 bits per heavy atom. The Morgan fingerprint density at radius 1 is 1.36 bits per heavy atom. The van der Waals surface area contributed by atoms with Crippen LogP contribution in [0.5, 0.6) is 0 Å². The predicted octanol–water partition coefficient (Wildman–Crippen LogP) is 5.32. The number of thioether (sulfide) groups is 1. The van der Waals surface area contributed by atoms with Crippen molar-refractivity contribution >= 4 is 47.7 Å². The van der Waals surface area contributed by atoms with E-state index in [2.05, 4.69) is 57.7 Å². The molecule has 1 aliphatic rings. The number of oxazole rings is 2. The van der Waals surface area contributed by atoms with Gasteiger partial charge in [0.05, 0.1) is 6.42 Å².